The Morgan fingerprint density at radius 2 is 1.96 bits per heavy atom. The molecule has 28 heavy (non-hydrogen) atoms. The molecule has 2 aliphatic rings. The first-order valence-electron chi connectivity index (χ1n) is 9.09. The zero-order valence-corrected chi connectivity index (χ0v) is 15.1. The van der Waals surface area contributed by atoms with E-state index in [1.165, 1.54) is 12.1 Å². The summed E-state index contributed by atoms with van der Waals surface area (Å²) in [7, 11) is 0. The smallest absolute Gasteiger partial charge is 0.270 e. The summed E-state index contributed by atoms with van der Waals surface area (Å²) in [5.41, 5.74) is 1.69. The van der Waals surface area contributed by atoms with Crippen LogP contribution in [0.25, 0.3) is 11.1 Å². The van der Waals surface area contributed by atoms with Crippen LogP contribution in [0.4, 0.5) is 11.4 Å². The van der Waals surface area contributed by atoms with E-state index in [2.05, 4.69) is 5.32 Å². The molecule has 146 valence electrons. The van der Waals surface area contributed by atoms with Gasteiger partial charge >= 0.3 is 0 Å². The van der Waals surface area contributed by atoms with Crippen LogP contribution in [0, 0.1) is 10.1 Å². The van der Waals surface area contributed by atoms with Gasteiger partial charge in [0.25, 0.3) is 5.69 Å². The van der Waals surface area contributed by atoms with E-state index in [0.717, 1.165) is 0 Å². The summed E-state index contributed by atoms with van der Waals surface area (Å²) >= 11 is 0. The molecule has 2 aromatic carbocycles. The number of ether oxygens (including phenoxy) is 2. The summed E-state index contributed by atoms with van der Waals surface area (Å²) in [4.78, 5) is 23.0. The number of non-ortho nitro benzene ring substituents is 1. The average Bonchev–Trinajstić information content (AvgIpc) is 2.82. The second kappa shape index (κ2) is 7.21. The Morgan fingerprint density at radius 3 is 2.68 bits per heavy atom. The largest absolute Gasteiger partial charge is 0.484 e. The molecule has 2 N–H and O–H groups in total. The molecule has 0 saturated carbocycles. The lowest BCUT2D eigenvalue weighted by Gasteiger charge is -2.35. The molecule has 4 rings (SSSR count). The van der Waals surface area contributed by atoms with Gasteiger partial charge in [-0.3, -0.25) is 14.9 Å². The molecule has 1 amide bonds. The minimum absolute atomic E-state index is 0.0581. The highest BCUT2D eigenvalue weighted by Gasteiger charge is 2.39. The molecule has 0 bridgehead atoms. The summed E-state index contributed by atoms with van der Waals surface area (Å²) in [5.74, 6) is 0.403. The van der Waals surface area contributed by atoms with Gasteiger partial charge in [0.15, 0.2) is 0 Å². The van der Waals surface area contributed by atoms with Crippen LogP contribution < -0.4 is 10.1 Å². The predicted molar refractivity (Wildman–Crippen MR) is 101 cm³/mol. The van der Waals surface area contributed by atoms with Crippen molar-refractivity contribution < 1.29 is 24.3 Å². The van der Waals surface area contributed by atoms with E-state index >= 15 is 0 Å². The topological polar surface area (TPSA) is 111 Å². The number of nitrogens with zero attached hydrogens (tertiary/aromatic N) is 1. The molecule has 0 unspecified atom stereocenters. The molecule has 1 spiro atoms. The zero-order chi connectivity index (χ0) is 19.7. The van der Waals surface area contributed by atoms with Crippen LogP contribution in [-0.2, 0) is 16.1 Å². The number of fused-ring (bicyclic) bond motifs is 1. The van der Waals surface area contributed by atoms with Gasteiger partial charge in [-0.2, -0.15) is 0 Å². The molecule has 0 radical (unpaired) electrons. The monoisotopic (exact) mass is 384 g/mol. The van der Waals surface area contributed by atoms with Crippen LogP contribution in [0.5, 0.6) is 5.75 Å². The first kappa shape index (κ1) is 18.4. The van der Waals surface area contributed by atoms with Crippen LogP contribution in [0.2, 0.25) is 0 Å². The van der Waals surface area contributed by atoms with E-state index in [1.807, 2.05) is 0 Å². The van der Waals surface area contributed by atoms with Gasteiger partial charge < -0.3 is 19.9 Å². The maximum atomic E-state index is 12.4. The predicted octanol–water partition coefficient (Wildman–Crippen LogP) is 3.02. The van der Waals surface area contributed by atoms with E-state index in [0.29, 0.717) is 54.2 Å². The van der Waals surface area contributed by atoms with Gasteiger partial charge in [0.2, 0.25) is 5.91 Å². The molecule has 2 aromatic rings. The lowest BCUT2D eigenvalue weighted by atomic mass is 9.90. The van der Waals surface area contributed by atoms with Gasteiger partial charge in [0, 0.05) is 25.0 Å². The third-order valence-corrected chi connectivity index (χ3v) is 5.25. The van der Waals surface area contributed by atoms with E-state index in [9.17, 15) is 20.0 Å². The second-order valence-corrected chi connectivity index (χ2v) is 7.09. The van der Waals surface area contributed by atoms with Gasteiger partial charge in [-0.1, -0.05) is 6.07 Å². The van der Waals surface area contributed by atoms with E-state index in [1.54, 1.807) is 24.3 Å². The fourth-order valence-electron chi connectivity index (χ4n) is 3.74. The molecule has 0 aliphatic carbocycles. The van der Waals surface area contributed by atoms with Crippen molar-refractivity contribution in [3.05, 3.63) is 52.1 Å². The number of carbonyl (C=O) groups is 1. The van der Waals surface area contributed by atoms with Crippen molar-refractivity contribution >= 4 is 17.3 Å². The lowest BCUT2D eigenvalue weighted by molar-refractivity contribution is -0.384. The number of amides is 1. The van der Waals surface area contributed by atoms with Crippen LogP contribution in [0.15, 0.2) is 36.4 Å². The molecule has 0 aromatic heterocycles. The highest BCUT2D eigenvalue weighted by molar-refractivity contribution is 5.94. The quantitative estimate of drug-likeness (QED) is 0.622. The number of benzene rings is 2. The van der Waals surface area contributed by atoms with Crippen molar-refractivity contribution in [2.75, 3.05) is 18.5 Å². The van der Waals surface area contributed by atoms with Gasteiger partial charge in [-0.25, -0.2) is 0 Å². The Bertz CT molecular complexity index is 936. The summed E-state index contributed by atoms with van der Waals surface area (Å²) < 4.78 is 11.7. The number of nitrogens with one attached hydrogen (secondary N) is 1. The first-order valence-corrected chi connectivity index (χ1v) is 9.09. The van der Waals surface area contributed by atoms with Crippen LogP contribution in [0.3, 0.4) is 0 Å². The van der Waals surface area contributed by atoms with Crippen LogP contribution >= 0.6 is 0 Å². The van der Waals surface area contributed by atoms with Crippen LogP contribution in [-0.4, -0.2) is 34.8 Å². The fraction of sp³-hybridized carbons (Fsp3) is 0.350. The molecule has 8 nitrogen and oxygen atoms in total. The number of rotatable bonds is 3. The van der Waals surface area contributed by atoms with Crippen molar-refractivity contribution in [1.29, 1.82) is 0 Å². The Labute approximate surface area is 161 Å². The summed E-state index contributed by atoms with van der Waals surface area (Å²) in [5, 5.41) is 23.7. The number of hydrogen-bond acceptors (Lipinski definition) is 6. The molecule has 2 aliphatic heterocycles. The standard InChI is InChI=1S/C20H20N2O6/c23-12-14-1-3-15(22(25)26)10-16(14)13-2-4-17-18(9-13)28-20(11-19(24)21-17)5-7-27-8-6-20/h1-4,9-10,23H,5-8,11-12H2,(H,21,24). The number of anilines is 1. The van der Waals surface area contributed by atoms with Crippen molar-refractivity contribution in [1.82, 2.24) is 0 Å². The Kier molecular flexibility index (Phi) is 4.74. The molecule has 0 atom stereocenters. The minimum Gasteiger partial charge on any atom is -0.484 e. The van der Waals surface area contributed by atoms with Gasteiger partial charge in [-0.05, 0) is 34.9 Å². The highest BCUT2D eigenvalue weighted by Crippen LogP contribution is 2.41. The third kappa shape index (κ3) is 3.44. The maximum absolute atomic E-state index is 12.4. The number of hydrogen-bond donors (Lipinski definition) is 2. The minimum atomic E-state index is -0.616. The molecule has 2 heterocycles. The first-order chi connectivity index (χ1) is 13.5. The summed E-state index contributed by atoms with van der Waals surface area (Å²) in [6, 6.07) is 9.58. The van der Waals surface area contributed by atoms with Crippen molar-refractivity contribution in [2.45, 2.75) is 31.5 Å². The maximum Gasteiger partial charge on any atom is 0.270 e. The van der Waals surface area contributed by atoms with E-state index < -0.39 is 10.5 Å². The Morgan fingerprint density at radius 1 is 1.18 bits per heavy atom. The van der Waals surface area contributed by atoms with Gasteiger partial charge in [-0.15, -0.1) is 0 Å². The lowest BCUT2D eigenvalue weighted by Crippen LogP contribution is -2.43. The van der Waals surface area contributed by atoms with E-state index in [4.69, 9.17) is 9.47 Å². The molecule has 1 fully saturated rings. The number of aliphatic hydroxyl groups excluding tert-OH is 1. The normalized spacial score (nSPS) is 18.0. The number of aliphatic hydroxyl groups is 1. The van der Waals surface area contributed by atoms with E-state index in [-0.39, 0.29) is 24.6 Å². The Hall–Kier alpha value is -2.97. The summed E-state index contributed by atoms with van der Waals surface area (Å²) in [6.45, 7) is 0.812. The molecule has 8 heteroatoms. The van der Waals surface area contributed by atoms with Crippen molar-refractivity contribution in [3.8, 4) is 16.9 Å². The molecule has 1 saturated heterocycles. The SMILES string of the molecule is O=C1CC2(CCOCC2)Oc2cc(-c3cc([N+](=O)[O-])ccc3CO)ccc2N1. The number of carbonyl (C=O) groups excluding carboxylic acids is 1. The summed E-state index contributed by atoms with van der Waals surface area (Å²) in [6.07, 6.45) is 1.48. The zero-order valence-electron chi connectivity index (χ0n) is 15.1. The Balaban J connectivity index is 1.78. The number of nitro benzene ring substituents is 1. The van der Waals surface area contributed by atoms with Gasteiger partial charge in [0.1, 0.15) is 11.4 Å². The molecular weight excluding hydrogens is 364 g/mol. The molecular formula is C20H20N2O6. The van der Waals surface area contributed by atoms with Crippen molar-refractivity contribution in [3.63, 3.8) is 0 Å². The van der Waals surface area contributed by atoms with Crippen molar-refractivity contribution in [2.24, 2.45) is 0 Å². The fourth-order valence-corrected chi connectivity index (χ4v) is 3.74. The average molecular weight is 384 g/mol. The number of nitro groups is 1. The van der Waals surface area contributed by atoms with Crippen LogP contribution in [0.1, 0.15) is 24.8 Å². The highest BCUT2D eigenvalue weighted by atomic mass is 16.6. The van der Waals surface area contributed by atoms with Gasteiger partial charge in [0.05, 0.1) is 36.9 Å². The third-order valence-electron chi connectivity index (χ3n) is 5.25. The second-order valence-electron chi connectivity index (χ2n) is 7.09.